The zero-order chi connectivity index (χ0) is 20.8. The minimum Gasteiger partial charge on any atom is -0.870 e. The van der Waals surface area contributed by atoms with Gasteiger partial charge in [-0.15, -0.1) is 0 Å². The number of aromatic nitrogens is 1. The van der Waals surface area contributed by atoms with E-state index in [0.717, 1.165) is 44.2 Å². The van der Waals surface area contributed by atoms with Gasteiger partial charge in [-0.2, -0.15) is 0 Å². The predicted molar refractivity (Wildman–Crippen MR) is 119 cm³/mol. The Hall–Kier alpha value is -2.85. The molecule has 0 spiro atoms. The van der Waals surface area contributed by atoms with Crippen LogP contribution in [0.4, 0.5) is 5.69 Å². The number of anilines is 1. The summed E-state index contributed by atoms with van der Waals surface area (Å²) in [5.74, 6) is 0. The first-order chi connectivity index (χ1) is 15.3. The molecule has 0 fully saturated rings. The van der Waals surface area contributed by atoms with Crippen molar-refractivity contribution < 1.29 is 38.4 Å². The Morgan fingerprint density at radius 1 is 0.970 bits per heavy atom. The number of nitrogens with zero attached hydrogens (tertiary/aromatic N) is 2. The molecule has 2 heterocycles. The molecule has 1 aliphatic heterocycles. The molecular weight excluding hydrogens is 413 g/mol. The Morgan fingerprint density at radius 3 is 2.24 bits per heavy atom. The first kappa shape index (κ1) is 23.3. The molecule has 0 saturated heterocycles. The fourth-order valence-electron chi connectivity index (χ4n) is 5.31. The van der Waals surface area contributed by atoms with Crippen LogP contribution in [0.3, 0.4) is 0 Å². The van der Waals surface area contributed by atoms with Crippen molar-refractivity contribution in [1.82, 2.24) is 5.16 Å². The maximum atomic E-state index is 11.8. The van der Waals surface area contributed by atoms with Gasteiger partial charge in [0.1, 0.15) is 6.26 Å². The summed E-state index contributed by atoms with van der Waals surface area (Å²) < 4.78 is 10.9. The third-order valence-electron chi connectivity index (χ3n) is 6.72. The molecule has 2 aliphatic carbocycles. The van der Waals surface area contributed by atoms with Gasteiger partial charge in [0.05, 0.1) is 18.3 Å². The zero-order valence-corrected chi connectivity index (χ0v) is 18.6. The number of carbonyl (C=O) groups excluding carboxylic acids is 1. The Labute approximate surface area is 204 Å². The van der Waals surface area contributed by atoms with Gasteiger partial charge in [-0.1, -0.05) is 35.5 Å². The van der Waals surface area contributed by atoms with Crippen molar-refractivity contribution in [2.45, 2.75) is 44.1 Å². The van der Waals surface area contributed by atoms with Gasteiger partial charge in [0.15, 0.2) is 0 Å². The van der Waals surface area contributed by atoms with E-state index in [0.29, 0.717) is 11.6 Å². The second-order valence-electron chi connectivity index (χ2n) is 8.43. The topological polar surface area (TPSA) is 107 Å². The van der Waals surface area contributed by atoms with Gasteiger partial charge in [0, 0.05) is 11.3 Å². The van der Waals surface area contributed by atoms with Crippen LogP contribution < -0.4 is 24.2 Å². The first-order valence-corrected chi connectivity index (χ1v) is 10.8. The summed E-state index contributed by atoms with van der Waals surface area (Å²) in [5, 5.41) is 7.17. The van der Waals surface area contributed by atoms with Gasteiger partial charge in [-0.05, 0) is 71.9 Å². The summed E-state index contributed by atoms with van der Waals surface area (Å²) in [6, 6.07) is 11.1. The minimum atomic E-state index is -1.29. The van der Waals surface area contributed by atoms with E-state index in [9.17, 15) is 4.79 Å². The van der Waals surface area contributed by atoms with Crippen molar-refractivity contribution in [3.8, 4) is 11.1 Å². The monoisotopic (exact) mass is 436 g/mol. The number of aliphatic imine (C=N–C) groups is 1. The molecule has 1 aromatic heterocycles. The van der Waals surface area contributed by atoms with Gasteiger partial charge in [-0.25, -0.2) is 11.3 Å². The quantitative estimate of drug-likeness (QED) is 0.482. The molecule has 7 nitrogen and oxygen atoms in total. The van der Waals surface area contributed by atoms with E-state index in [1.165, 1.54) is 45.8 Å². The molecule has 0 amide bonds. The van der Waals surface area contributed by atoms with Gasteiger partial charge in [-0.3, -0.25) is 0 Å². The van der Waals surface area contributed by atoms with E-state index in [-0.39, 0.29) is 30.9 Å². The second kappa shape index (κ2) is 9.18. The summed E-state index contributed by atoms with van der Waals surface area (Å²) in [5.41, 5.74) is 8.72. The summed E-state index contributed by atoms with van der Waals surface area (Å²) in [4.78, 5) is 16.3. The number of amidine groups is 1. The fraction of sp³-hybridized carbons (Fsp3) is 0.320. The Bertz CT molecular complexity index is 1160. The molecule has 8 heteroatoms. The first-order valence-electron chi connectivity index (χ1n) is 10.8. The molecule has 2 aromatic carbocycles. The normalized spacial score (nSPS) is 20.1. The fourth-order valence-corrected chi connectivity index (χ4v) is 5.31. The number of benzene rings is 2. The Kier molecular flexibility index (Phi) is 6.49. The average molecular weight is 436 g/mol. The number of hydrogen-bond acceptors (Lipinski definition) is 7. The second-order valence-corrected chi connectivity index (χ2v) is 8.43. The third-order valence-corrected chi connectivity index (χ3v) is 6.72. The SMILES string of the molecule is O=[C-]C1(c2cnoc2)CN=C(Nc2c3c(c(-c4ccccc4)c4c2CCC4)CCC3)O1.[Li+].[OH-]. The molecular formula is C25H23LiN3O4-. The zero-order valence-electron chi connectivity index (χ0n) is 18.6. The van der Waals surface area contributed by atoms with Crippen LogP contribution in [0.5, 0.6) is 0 Å². The molecule has 0 bridgehead atoms. The standard InChI is InChI=1S/C25H22N3O3.Li.H2O/c29-15-25(17-12-27-30-13-17)14-26-24(31-25)28-23-20-10-4-8-18(20)22(16-6-2-1-3-7-16)19-9-5-11-21(19)23;;/h1-3,6-7,12-13H,4-5,8-11,14H2,(H,26,28);;1H2/q-1;+1;/p-1. The van der Waals surface area contributed by atoms with Crippen LogP contribution in [0.2, 0.25) is 0 Å². The molecule has 0 radical (unpaired) electrons. The van der Waals surface area contributed by atoms with E-state index in [1.807, 2.05) is 6.29 Å². The van der Waals surface area contributed by atoms with Crippen molar-refractivity contribution in [2.24, 2.45) is 4.99 Å². The van der Waals surface area contributed by atoms with Crippen LogP contribution in [-0.2, 0) is 40.8 Å². The number of nitrogens with one attached hydrogen (secondary N) is 1. The largest absolute Gasteiger partial charge is 1.00 e. The van der Waals surface area contributed by atoms with E-state index in [2.05, 4.69) is 45.8 Å². The van der Waals surface area contributed by atoms with E-state index < -0.39 is 5.60 Å². The number of rotatable bonds is 4. The molecule has 1 unspecified atom stereocenters. The third kappa shape index (κ3) is 3.70. The van der Waals surface area contributed by atoms with E-state index in [4.69, 9.17) is 9.26 Å². The van der Waals surface area contributed by atoms with Gasteiger partial charge < -0.3 is 24.8 Å². The number of fused-ring (bicyclic) bond motifs is 2. The van der Waals surface area contributed by atoms with Crippen LogP contribution in [-0.4, -0.2) is 29.5 Å². The van der Waals surface area contributed by atoms with Crippen molar-refractivity contribution in [1.29, 1.82) is 0 Å². The maximum absolute atomic E-state index is 11.8. The number of ether oxygens (including phenoxy) is 1. The van der Waals surface area contributed by atoms with Gasteiger partial charge >= 0.3 is 18.9 Å². The molecule has 33 heavy (non-hydrogen) atoms. The number of hydrogen-bond donors (Lipinski definition) is 1. The Morgan fingerprint density at radius 2 is 1.64 bits per heavy atom. The van der Waals surface area contributed by atoms with Crippen LogP contribution in [0.15, 0.2) is 52.3 Å². The molecule has 164 valence electrons. The maximum Gasteiger partial charge on any atom is 1.00 e. The van der Waals surface area contributed by atoms with Crippen molar-refractivity contribution in [3.63, 3.8) is 0 Å². The van der Waals surface area contributed by atoms with Gasteiger partial charge in [0.2, 0.25) is 0 Å². The minimum absolute atomic E-state index is 0. The summed E-state index contributed by atoms with van der Waals surface area (Å²) in [6.07, 6.45) is 11.4. The van der Waals surface area contributed by atoms with Crippen LogP contribution in [0.1, 0.15) is 40.7 Å². The van der Waals surface area contributed by atoms with Gasteiger partial charge in [0.25, 0.3) is 6.02 Å². The van der Waals surface area contributed by atoms with Crippen LogP contribution in [0, 0.1) is 0 Å². The average Bonchev–Trinajstić information content (AvgIpc) is 3.61. The smallest absolute Gasteiger partial charge is 0.870 e. The summed E-state index contributed by atoms with van der Waals surface area (Å²) in [6.45, 7) is 0.159. The van der Waals surface area contributed by atoms with Crippen LogP contribution >= 0.6 is 0 Å². The molecule has 0 saturated carbocycles. The van der Waals surface area contributed by atoms with Crippen molar-refractivity contribution >= 4 is 18.0 Å². The predicted octanol–water partition coefficient (Wildman–Crippen LogP) is 0.949. The molecule has 3 aromatic rings. The Balaban J connectivity index is 0.00000130. The van der Waals surface area contributed by atoms with Crippen LogP contribution in [0.25, 0.3) is 11.1 Å². The summed E-state index contributed by atoms with van der Waals surface area (Å²) >= 11 is 0. The molecule has 6 rings (SSSR count). The summed E-state index contributed by atoms with van der Waals surface area (Å²) in [7, 11) is 0. The van der Waals surface area contributed by atoms with Crippen molar-refractivity contribution in [3.05, 3.63) is 70.6 Å². The van der Waals surface area contributed by atoms with E-state index >= 15 is 0 Å². The van der Waals surface area contributed by atoms with Crippen molar-refractivity contribution in [2.75, 3.05) is 11.9 Å². The molecule has 1 atom stereocenters. The molecule has 3 aliphatic rings. The molecule has 2 N–H and O–H groups in total. The van der Waals surface area contributed by atoms with E-state index in [1.54, 1.807) is 0 Å².